The zero-order valence-corrected chi connectivity index (χ0v) is 18.2. The molecule has 0 spiro atoms. The highest BCUT2D eigenvalue weighted by atomic mass is 16.5. The van der Waals surface area contributed by atoms with Crippen molar-refractivity contribution < 1.29 is 18.8 Å². The number of rotatable bonds is 7. The van der Waals surface area contributed by atoms with Gasteiger partial charge in [-0.1, -0.05) is 5.16 Å². The molecule has 11 heteroatoms. The maximum Gasteiger partial charge on any atom is 0.315 e. The van der Waals surface area contributed by atoms with Crippen LogP contribution >= 0.6 is 0 Å². The van der Waals surface area contributed by atoms with Crippen molar-refractivity contribution in [1.82, 2.24) is 35.4 Å². The third-order valence-electron chi connectivity index (χ3n) is 5.68. The van der Waals surface area contributed by atoms with E-state index in [4.69, 9.17) is 9.26 Å². The number of fused-ring (bicyclic) bond motifs is 1. The van der Waals surface area contributed by atoms with Crippen LogP contribution in [0.2, 0.25) is 0 Å². The average Bonchev–Trinajstić information content (AvgIpc) is 3.42. The number of esters is 1. The van der Waals surface area contributed by atoms with Crippen LogP contribution in [-0.4, -0.2) is 49.9 Å². The Bertz CT molecular complexity index is 1080. The van der Waals surface area contributed by atoms with Gasteiger partial charge in [0.2, 0.25) is 0 Å². The van der Waals surface area contributed by atoms with Gasteiger partial charge in [-0.2, -0.15) is 4.98 Å². The lowest BCUT2D eigenvalue weighted by Crippen LogP contribution is -2.39. The molecule has 2 N–H and O–H groups in total. The molecular weight excluding hydrogens is 414 g/mol. The lowest BCUT2D eigenvalue weighted by Gasteiger charge is -2.27. The number of carbonyl (C=O) groups excluding carboxylic acids is 2. The first-order valence-electron chi connectivity index (χ1n) is 10.9. The predicted octanol–water partition coefficient (Wildman–Crippen LogP) is 2.26. The van der Waals surface area contributed by atoms with Gasteiger partial charge >= 0.3 is 12.0 Å². The van der Waals surface area contributed by atoms with Crippen LogP contribution in [0, 0.1) is 18.8 Å². The maximum absolute atomic E-state index is 12.2. The van der Waals surface area contributed by atoms with Gasteiger partial charge in [-0.25, -0.2) is 4.79 Å². The van der Waals surface area contributed by atoms with Gasteiger partial charge < -0.3 is 19.9 Å². The van der Waals surface area contributed by atoms with Gasteiger partial charge in [-0.15, -0.1) is 10.2 Å². The maximum atomic E-state index is 12.2. The van der Waals surface area contributed by atoms with Crippen molar-refractivity contribution >= 4 is 17.6 Å². The molecule has 4 rings (SSSR count). The highest BCUT2D eigenvalue weighted by molar-refractivity contribution is 5.74. The van der Waals surface area contributed by atoms with E-state index in [-0.39, 0.29) is 24.5 Å². The minimum absolute atomic E-state index is 0.00869. The number of hydrogen-bond donors (Lipinski definition) is 2. The number of amides is 2. The molecule has 3 aromatic rings. The summed E-state index contributed by atoms with van der Waals surface area (Å²) in [4.78, 5) is 28.3. The second-order valence-corrected chi connectivity index (χ2v) is 7.94. The summed E-state index contributed by atoms with van der Waals surface area (Å²) >= 11 is 0. The molecule has 1 fully saturated rings. The minimum Gasteiger partial charge on any atom is -0.466 e. The van der Waals surface area contributed by atoms with E-state index in [2.05, 4.69) is 31.0 Å². The van der Waals surface area contributed by atoms with Crippen LogP contribution in [0.1, 0.15) is 44.3 Å². The summed E-state index contributed by atoms with van der Waals surface area (Å²) in [6.07, 6.45) is 5.23. The summed E-state index contributed by atoms with van der Waals surface area (Å²) in [5.74, 6) is 1.85. The summed E-state index contributed by atoms with van der Waals surface area (Å²) in [6.45, 7) is 4.81. The van der Waals surface area contributed by atoms with Gasteiger partial charge in [0.1, 0.15) is 0 Å². The number of aromatic nitrogens is 5. The van der Waals surface area contributed by atoms with Crippen molar-refractivity contribution in [2.45, 2.75) is 46.1 Å². The van der Waals surface area contributed by atoms with Crippen LogP contribution in [0.25, 0.3) is 17.1 Å². The van der Waals surface area contributed by atoms with Gasteiger partial charge in [-0.05, 0) is 57.6 Å². The molecule has 32 heavy (non-hydrogen) atoms. The van der Waals surface area contributed by atoms with Crippen molar-refractivity contribution in [2.24, 2.45) is 11.8 Å². The Balaban J connectivity index is 1.24. The highest BCUT2D eigenvalue weighted by Crippen LogP contribution is 2.29. The predicted molar refractivity (Wildman–Crippen MR) is 113 cm³/mol. The quantitative estimate of drug-likeness (QED) is 0.533. The molecule has 0 radical (unpaired) electrons. The molecule has 3 aromatic heterocycles. The van der Waals surface area contributed by atoms with E-state index in [0.717, 1.165) is 31.2 Å². The standard InChI is InChI=1S/C21H27N7O4/c1-3-31-20(29)15-6-4-14(5-7-15)11-22-21(30)23-12-18-26-25-17-10-16(8-9-28(17)18)19-24-13(2)27-32-19/h8-10,14-15H,3-7,11-12H2,1-2H3,(H2,22,23,30). The van der Waals surface area contributed by atoms with Crippen LogP contribution in [0.3, 0.4) is 0 Å². The number of aryl methyl sites for hydroxylation is 1. The second kappa shape index (κ2) is 9.75. The number of urea groups is 1. The third-order valence-corrected chi connectivity index (χ3v) is 5.68. The van der Waals surface area contributed by atoms with Crippen LogP contribution in [-0.2, 0) is 16.1 Å². The van der Waals surface area contributed by atoms with E-state index in [0.29, 0.717) is 42.3 Å². The Morgan fingerprint density at radius 1 is 1.22 bits per heavy atom. The largest absolute Gasteiger partial charge is 0.466 e. The molecule has 3 heterocycles. The fourth-order valence-corrected chi connectivity index (χ4v) is 3.93. The van der Waals surface area contributed by atoms with Crippen LogP contribution in [0.4, 0.5) is 4.79 Å². The molecule has 1 aliphatic rings. The first-order chi connectivity index (χ1) is 15.5. The Morgan fingerprint density at radius 2 is 2.03 bits per heavy atom. The first-order valence-corrected chi connectivity index (χ1v) is 10.9. The van der Waals surface area contributed by atoms with Gasteiger partial charge in [-0.3, -0.25) is 9.20 Å². The summed E-state index contributed by atoms with van der Waals surface area (Å²) in [5.41, 5.74) is 1.37. The molecule has 1 aliphatic carbocycles. The fourth-order valence-electron chi connectivity index (χ4n) is 3.93. The van der Waals surface area contributed by atoms with Crippen LogP contribution < -0.4 is 10.6 Å². The van der Waals surface area contributed by atoms with Crippen molar-refractivity contribution in [3.63, 3.8) is 0 Å². The van der Waals surface area contributed by atoms with E-state index in [9.17, 15) is 9.59 Å². The van der Waals surface area contributed by atoms with E-state index in [1.807, 2.05) is 13.0 Å². The number of hydrogen-bond acceptors (Lipinski definition) is 8. The summed E-state index contributed by atoms with van der Waals surface area (Å²) < 4.78 is 12.1. The Kier molecular flexibility index (Phi) is 6.62. The first kappa shape index (κ1) is 21.7. The van der Waals surface area contributed by atoms with Crippen molar-refractivity contribution in [1.29, 1.82) is 0 Å². The van der Waals surface area contributed by atoms with Gasteiger partial charge in [0.25, 0.3) is 5.89 Å². The molecule has 11 nitrogen and oxygen atoms in total. The summed E-state index contributed by atoms with van der Waals surface area (Å²) in [6, 6.07) is 3.38. The van der Waals surface area contributed by atoms with Crippen LogP contribution in [0.15, 0.2) is 22.9 Å². The molecule has 2 amide bonds. The summed E-state index contributed by atoms with van der Waals surface area (Å²) in [5, 5.41) is 17.8. The minimum atomic E-state index is -0.257. The molecule has 0 saturated heterocycles. The van der Waals surface area contributed by atoms with E-state index in [1.54, 1.807) is 23.6 Å². The molecular formula is C21H27N7O4. The van der Waals surface area contributed by atoms with Gasteiger partial charge in [0.05, 0.1) is 19.1 Å². The number of carbonyl (C=O) groups is 2. The Labute approximate surface area is 184 Å². The van der Waals surface area contributed by atoms with Gasteiger partial charge in [0.15, 0.2) is 17.3 Å². The monoisotopic (exact) mass is 441 g/mol. The number of ether oxygens (including phenoxy) is 1. The second-order valence-electron chi connectivity index (χ2n) is 7.94. The lowest BCUT2D eigenvalue weighted by molar-refractivity contribution is -0.149. The van der Waals surface area contributed by atoms with Gasteiger partial charge in [0, 0.05) is 18.3 Å². The normalized spacial score (nSPS) is 18.4. The molecule has 170 valence electrons. The highest BCUT2D eigenvalue weighted by Gasteiger charge is 2.27. The Hall–Kier alpha value is -3.50. The third kappa shape index (κ3) is 5.04. The summed E-state index contributed by atoms with van der Waals surface area (Å²) in [7, 11) is 0. The van der Waals surface area contributed by atoms with Crippen molar-refractivity contribution in [3.8, 4) is 11.5 Å². The molecule has 0 aromatic carbocycles. The molecule has 0 bridgehead atoms. The van der Waals surface area contributed by atoms with E-state index in [1.165, 1.54) is 0 Å². The number of nitrogens with zero attached hydrogens (tertiary/aromatic N) is 5. The zero-order valence-electron chi connectivity index (χ0n) is 18.2. The SMILES string of the molecule is CCOC(=O)C1CCC(CNC(=O)NCc2nnc3cc(-c4nc(C)no4)ccn23)CC1. The lowest BCUT2D eigenvalue weighted by atomic mass is 9.82. The average molecular weight is 441 g/mol. The molecule has 1 saturated carbocycles. The zero-order chi connectivity index (χ0) is 22.5. The number of nitrogens with one attached hydrogen (secondary N) is 2. The number of pyridine rings is 1. The van der Waals surface area contributed by atoms with Crippen molar-refractivity contribution in [2.75, 3.05) is 13.2 Å². The molecule has 0 unspecified atom stereocenters. The molecule has 0 aliphatic heterocycles. The van der Waals surface area contributed by atoms with Crippen molar-refractivity contribution in [3.05, 3.63) is 30.0 Å². The fraction of sp³-hybridized carbons (Fsp3) is 0.524. The molecule has 0 atom stereocenters. The van der Waals surface area contributed by atoms with Crippen LogP contribution in [0.5, 0.6) is 0 Å². The Morgan fingerprint density at radius 3 is 2.75 bits per heavy atom. The topological polar surface area (TPSA) is 137 Å². The van der Waals surface area contributed by atoms with E-state index < -0.39 is 0 Å². The van der Waals surface area contributed by atoms with E-state index >= 15 is 0 Å². The smallest absolute Gasteiger partial charge is 0.315 e.